The second kappa shape index (κ2) is 6.71. The average Bonchev–Trinajstić information content (AvgIpc) is 2.99. The third-order valence-corrected chi connectivity index (χ3v) is 4.18. The average molecular weight is 365 g/mol. The summed E-state index contributed by atoms with van der Waals surface area (Å²) in [5.74, 6) is -1.09. The normalized spacial score (nSPS) is 12.3. The largest absolute Gasteiger partial charge is 0.546 e. The van der Waals surface area contributed by atoms with Gasteiger partial charge in [-0.3, -0.25) is 0 Å². The Bertz CT molecular complexity index is 889. The fourth-order valence-electron chi connectivity index (χ4n) is 2.31. The molecular weight excluding hydrogens is 353 g/mol. The van der Waals surface area contributed by atoms with Crippen molar-refractivity contribution in [2.45, 2.75) is 19.4 Å². The summed E-state index contributed by atoms with van der Waals surface area (Å²) in [6.07, 6.45) is -0.832. The van der Waals surface area contributed by atoms with Gasteiger partial charge >= 0.3 is 0 Å². The van der Waals surface area contributed by atoms with E-state index in [0.717, 1.165) is 5.56 Å². The van der Waals surface area contributed by atoms with Crippen molar-refractivity contribution in [2.24, 2.45) is 0 Å². The highest BCUT2D eigenvalue weighted by Crippen LogP contribution is 2.38. The molecule has 0 radical (unpaired) electrons. The van der Waals surface area contributed by atoms with Crippen molar-refractivity contribution in [2.75, 3.05) is 0 Å². The van der Waals surface area contributed by atoms with Gasteiger partial charge in [0.2, 0.25) is 0 Å². The Morgan fingerprint density at radius 3 is 2.58 bits per heavy atom. The van der Waals surface area contributed by atoms with Crippen LogP contribution in [-0.4, -0.2) is 17.2 Å². The lowest BCUT2D eigenvalue weighted by atomic mass is 10.1. The number of nitrogens with zero attached hydrogens (tertiary/aromatic N) is 1. The zero-order chi connectivity index (χ0) is 17.3. The molecule has 0 fully saturated rings. The topological polar surface area (TPSA) is 75.4 Å². The van der Waals surface area contributed by atoms with E-state index in [1.165, 1.54) is 0 Å². The number of carboxylic acid groups (broad SMARTS) is 1. The van der Waals surface area contributed by atoms with Crippen LogP contribution in [0.2, 0.25) is 10.0 Å². The molecule has 0 amide bonds. The van der Waals surface area contributed by atoms with Crippen LogP contribution in [0.15, 0.2) is 40.9 Å². The highest BCUT2D eigenvalue weighted by molar-refractivity contribution is 6.36. The number of halogens is 2. The SMILES string of the molecule is CCC(Oc1ccc2c(-c3ccc(Cl)cc3)noc2c1Cl)C(=O)[O-]. The lowest BCUT2D eigenvalue weighted by molar-refractivity contribution is -0.313. The fourth-order valence-corrected chi connectivity index (χ4v) is 2.68. The van der Waals surface area contributed by atoms with E-state index >= 15 is 0 Å². The maximum Gasteiger partial charge on any atom is 0.189 e. The number of aliphatic carboxylic acids is 1. The first-order chi connectivity index (χ1) is 11.5. The minimum atomic E-state index is -1.30. The van der Waals surface area contributed by atoms with Gasteiger partial charge in [-0.1, -0.05) is 47.4 Å². The van der Waals surface area contributed by atoms with E-state index in [9.17, 15) is 9.90 Å². The zero-order valence-corrected chi connectivity index (χ0v) is 14.1. The predicted octanol–water partition coefficient (Wildman–Crippen LogP) is 3.71. The monoisotopic (exact) mass is 364 g/mol. The van der Waals surface area contributed by atoms with Crippen LogP contribution in [0.4, 0.5) is 0 Å². The molecule has 0 saturated carbocycles. The Morgan fingerprint density at radius 2 is 1.96 bits per heavy atom. The first kappa shape index (κ1) is 16.6. The summed E-state index contributed by atoms with van der Waals surface area (Å²) in [4.78, 5) is 11.0. The van der Waals surface area contributed by atoms with Gasteiger partial charge in [0.15, 0.2) is 5.58 Å². The van der Waals surface area contributed by atoms with Gasteiger partial charge in [0, 0.05) is 10.6 Å². The van der Waals surface area contributed by atoms with Crippen LogP contribution in [0, 0.1) is 0 Å². The highest BCUT2D eigenvalue weighted by Gasteiger charge is 2.19. The van der Waals surface area contributed by atoms with Gasteiger partial charge in [0.1, 0.15) is 22.6 Å². The van der Waals surface area contributed by atoms with Gasteiger partial charge in [-0.2, -0.15) is 0 Å². The van der Waals surface area contributed by atoms with Crippen LogP contribution in [0.1, 0.15) is 13.3 Å². The Morgan fingerprint density at radius 1 is 1.25 bits per heavy atom. The summed E-state index contributed by atoms with van der Waals surface area (Å²) in [7, 11) is 0. The standard InChI is InChI=1S/C17H13Cl2NO4/c1-2-12(17(21)22)23-13-8-7-11-15(20-24-16(11)14(13)19)9-3-5-10(18)6-4-9/h3-8,12H,2H2,1H3,(H,21,22)/p-1. The summed E-state index contributed by atoms with van der Waals surface area (Å²) in [5, 5.41) is 16.5. The minimum Gasteiger partial charge on any atom is -0.546 e. The Kier molecular flexibility index (Phi) is 4.64. The fraction of sp³-hybridized carbons (Fsp3) is 0.176. The molecule has 24 heavy (non-hydrogen) atoms. The van der Waals surface area contributed by atoms with E-state index < -0.39 is 12.1 Å². The van der Waals surface area contributed by atoms with Crippen molar-refractivity contribution < 1.29 is 19.2 Å². The summed E-state index contributed by atoms with van der Waals surface area (Å²) in [6, 6.07) is 10.5. The quantitative estimate of drug-likeness (QED) is 0.689. The molecule has 1 heterocycles. The molecule has 0 aliphatic rings. The van der Waals surface area contributed by atoms with Gasteiger partial charge in [-0.05, 0) is 30.7 Å². The van der Waals surface area contributed by atoms with Gasteiger partial charge in [-0.15, -0.1) is 0 Å². The van der Waals surface area contributed by atoms with Gasteiger partial charge < -0.3 is 19.2 Å². The number of fused-ring (bicyclic) bond motifs is 1. The van der Waals surface area contributed by atoms with E-state index in [1.54, 1.807) is 31.2 Å². The minimum absolute atomic E-state index is 0.167. The summed E-state index contributed by atoms with van der Waals surface area (Å²) >= 11 is 12.2. The Labute approximate surface area is 147 Å². The molecule has 124 valence electrons. The molecule has 5 nitrogen and oxygen atoms in total. The number of carboxylic acids is 1. The number of aromatic nitrogens is 1. The van der Waals surface area contributed by atoms with Gasteiger partial charge in [0.25, 0.3) is 0 Å². The molecule has 1 aromatic heterocycles. The van der Waals surface area contributed by atoms with Crippen molar-refractivity contribution in [1.82, 2.24) is 5.16 Å². The molecular formula is C17H12Cl2NO4-. The number of carbonyl (C=O) groups excluding carboxylic acids is 1. The van der Waals surface area contributed by atoms with Crippen LogP contribution in [0.25, 0.3) is 22.2 Å². The van der Waals surface area contributed by atoms with E-state index in [2.05, 4.69) is 5.16 Å². The number of rotatable bonds is 5. The molecule has 0 bridgehead atoms. The molecule has 3 rings (SSSR count). The number of hydrogen-bond acceptors (Lipinski definition) is 5. The van der Waals surface area contributed by atoms with Crippen molar-refractivity contribution in [1.29, 1.82) is 0 Å². The molecule has 1 atom stereocenters. The van der Waals surface area contributed by atoms with Crippen LogP contribution >= 0.6 is 23.2 Å². The smallest absolute Gasteiger partial charge is 0.189 e. The molecule has 3 aromatic rings. The lowest BCUT2D eigenvalue weighted by Gasteiger charge is -2.18. The van der Waals surface area contributed by atoms with E-state index in [1.807, 2.05) is 12.1 Å². The second-order valence-electron chi connectivity index (χ2n) is 5.13. The van der Waals surface area contributed by atoms with Crippen molar-refractivity contribution in [3.63, 3.8) is 0 Å². The number of hydrogen-bond donors (Lipinski definition) is 0. The number of benzene rings is 2. The Balaban J connectivity index is 2.02. The molecule has 0 aliphatic carbocycles. The maximum absolute atomic E-state index is 11.0. The van der Waals surface area contributed by atoms with E-state index in [4.69, 9.17) is 32.5 Å². The summed E-state index contributed by atoms with van der Waals surface area (Å²) < 4.78 is 10.7. The summed E-state index contributed by atoms with van der Waals surface area (Å²) in [6.45, 7) is 1.68. The van der Waals surface area contributed by atoms with Crippen molar-refractivity contribution in [3.8, 4) is 17.0 Å². The third kappa shape index (κ3) is 3.05. The molecule has 7 heteroatoms. The van der Waals surface area contributed by atoms with Crippen LogP contribution in [-0.2, 0) is 4.79 Å². The number of carbonyl (C=O) groups is 1. The highest BCUT2D eigenvalue weighted by atomic mass is 35.5. The molecule has 0 N–H and O–H groups in total. The maximum atomic E-state index is 11.0. The van der Waals surface area contributed by atoms with Crippen LogP contribution in [0.5, 0.6) is 5.75 Å². The van der Waals surface area contributed by atoms with E-state index in [0.29, 0.717) is 21.7 Å². The van der Waals surface area contributed by atoms with Crippen molar-refractivity contribution >= 4 is 40.1 Å². The Hall–Kier alpha value is -2.24. The van der Waals surface area contributed by atoms with Gasteiger partial charge in [0.05, 0.1) is 11.4 Å². The molecule has 0 aliphatic heterocycles. The first-order valence-corrected chi connectivity index (χ1v) is 7.98. The summed E-state index contributed by atoms with van der Waals surface area (Å²) in [5.41, 5.74) is 1.76. The predicted molar refractivity (Wildman–Crippen MR) is 89.2 cm³/mol. The molecule has 1 unspecified atom stereocenters. The van der Waals surface area contributed by atoms with Crippen LogP contribution in [0.3, 0.4) is 0 Å². The zero-order valence-electron chi connectivity index (χ0n) is 12.6. The van der Waals surface area contributed by atoms with Crippen LogP contribution < -0.4 is 9.84 Å². The molecule has 0 spiro atoms. The first-order valence-electron chi connectivity index (χ1n) is 7.22. The number of ether oxygens (including phenoxy) is 1. The van der Waals surface area contributed by atoms with Gasteiger partial charge in [-0.25, -0.2) is 0 Å². The molecule has 0 saturated heterocycles. The lowest BCUT2D eigenvalue weighted by Crippen LogP contribution is -2.39. The second-order valence-corrected chi connectivity index (χ2v) is 5.94. The van der Waals surface area contributed by atoms with E-state index in [-0.39, 0.29) is 17.2 Å². The molecule has 2 aromatic carbocycles. The third-order valence-electron chi connectivity index (χ3n) is 3.57. The van der Waals surface area contributed by atoms with Crippen molar-refractivity contribution in [3.05, 3.63) is 46.4 Å².